The van der Waals surface area contributed by atoms with Gasteiger partial charge in [-0.05, 0) is 67.6 Å². The first kappa shape index (κ1) is 17.7. The molecule has 1 fully saturated rings. The number of thiocarbonyl (C=S) groups is 1. The molecule has 3 nitrogen and oxygen atoms in total. The first-order chi connectivity index (χ1) is 12.1. The van der Waals surface area contributed by atoms with Crippen LogP contribution in [0.4, 0.5) is 11.4 Å². The maximum atomic E-state index is 5.62. The third-order valence-electron chi connectivity index (χ3n) is 5.18. The number of hydrazine groups is 1. The van der Waals surface area contributed by atoms with Gasteiger partial charge in [-0.25, -0.2) is 0 Å². The molecule has 0 amide bonds. The quantitative estimate of drug-likeness (QED) is 0.595. The first-order valence-electron chi connectivity index (χ1n) is 9.11. The zero-order chi connectivity index (χ0) is 17.6. The van der Waals surface area contributed by atoms with Crippen LogP contribution in [0.3, 0.4) is 0 Å². The van der Waals surface area contributed by atoms with Crippen molar-refractivity contribution in [2.24, 2.45) is 11.8 Å². The van der Waals surface area contributed by atoms with E-state index in [1.165, 1.54) is 19.3 Å². The van der Waals surface area contributed by atoms with E-state index in [1.54, 1.807) is 0 Å². The third-order valence-corrected chi connectivity index (χ3v) is 5.38. The van der Waals surface area contributed by atoms with Crippen LogP contribution in [-0.4, -0.2) is 11.2 Å². The molecule has 0 radical (unpaired) electrons. The van der Waals surface area contributed by atoms with Crippen molar-refractivity contribution < 1.29 is 0 Å². The zero-order valence-corrected chi connectivity index (χ0v) is 15.8. The maximum absolute atomic E-state index is 5.62. The van der Waals surface area contributed by atoms with Crippen molar-refractivity contribution in [3.05, 3.63) is 60.7 Å². The molecule has 2 aromatic carbocycles. The molecule has 132 valence electrons. The number of benzene rings is 2. The Morgan fingerprint density at radius 2 is 1.44 bits per heavy atom. The lowest BCUT2D eigenvalue weighted by molar-refractivity contribution is 0.240. The van der Waals surface area contributed by atoms with Gasteiger partial charge in [0, 0.05) is 6.04 Å². The molecule has 1 saturated carbocycles. The third kappa shape index (κ3) is 4.73. The van der Waals surface area contributed by atoms with Gasteiger partial charge < -0.3 is 5.32 Å². The minimum absolute atomic E-state index is 0.458. The monoisotopic (exact) mass is 353 g/mol. The maximum Gasteiger partial charge on any atom is 0.185 e. The van der Waals surface area contributed by atoms with Gasteiger partial charge in [0.25, 0.3) is 0 Å². The molecule has 25 heavy (non-hydrogen) atoms. The van der Waals surface area contributed by atoms with Gasteiger partial charge >= 0.3 is 0 Å². The summed E-state index contributed by atoms with van der Waals surface area (Å²) in [7, 11) is 0. The number of para-hydroxylation sites is 2. The Kier molecular flexibility index (Phi) is 5.92. The summed E-state index contributed by atoms with van der Waals surface area (Å²) in [6.07, 6.45) is 3.63. The highest BCUT2D eigenvalue weighted by atomic mass is 32.1. The molecule has 3 atom stereocenters. The molecule has 2 aromatic rings. The predicted molar refractivity (Wildman–Crippen MR) is 110 cm³/mol. The molecule has 0 aromatic heterocycles. The molecule has 0 spiro atoms. The molecule has 2 N–H and O–H groups in total. The minimum atomic E-state index is 0.458. The molecule has 1 aliphatic carbocycles. The normalized spacial score (nSPS) is 22.9. The van der Waals surface area contributed by atoms with Crippen molar-refractivity contribution in [2.45, 2.75) is 39.2 Å². The molecule has 0 heterocycles. The van der Waals surface area contributed by atoms with Gasteiger partial charge in [-0.2, -0.15) is 0 Å². The predicted octanol–water partition coefficient (Wildman–Crippen LogP) is 5.03. The lowest BCUT2D eigenvalue weighted by atomic mass is 9.79. The standard InChI is InChI=1S/C21H27N3S/c1-16-13-14-18(15-17(16)2)22-21(25)23-24(19-9-5-3-6-10-19)20-11-7-4-8-12-20/h3-12,16-18H,13-15H2,1-2H3,(H2,22,23,25). The topological polar surface area (TPSA) is 27.3 Å². The Balaban J connectivity index is 1.69. The summed E-state index contributed by atoms with van der Waals surface area (Å²) in [5.41, 5.74) is 5.49. The Morgan fingerprint density at radius 1 is 0.880 bits per heavy atom. The van der Waals surface area contributed by atoms with E-state index in [9.17, 15) is 0 Å². The van der Waals surface area contributed by atoms with E-state index in [1.807, 2.05) is 41.4 Å². The van der Waals surface area contributed by atoms with Gasteiger partial charge in [0.2, 0.25) is 0 Å². The second-order valence-corrected chi connectivity index (χ2v) is 7.46. The van der Waals surface area contributed by atoms with E-state index >= 15 is 0 Å². The van der Waals surface area contributed by atoms with Gasteiger partial charge in [-0.15, -0.1) is 0 Å². The van der Waals surface area contributed by atoms with Crippen molar-refractivity contribution in [2.75, 3.05) is 5.01 Å². The van der Waals surface area contributed by atoms with Crippen LogP contribution in [0.5, 0.6) is 0 Å². The van der Waals surface area contributed by atoms with E-state index in [2.05, 4.69) is 48.9 Å². The number of hydrogen-bond acceptors (Lipinski definition) is 2. The van der Waals surface area contributed by atoms with Crippen LogP contribution in [0.1, 0.15) is 33.1 Å². The van der Waals surface area contributed by atoms with Crippen LogP contribution in [0.15, 0.2) is 60.7 Å². The van der Waals surface area contributed by atoms with Gasteiger partial charge in [0.15, 0.2) is 5.11 Å². The molecule has 0 saturated heterocycles. The summed E-state index contributed by atoms with van der Waals surface area (Å²) < 4.78 is 0. The summed E-state index contributed by atoms with van der Waals surface area (Å²) in [6, 6.07) is 20.9. The van der Waals surface area contributed by atoms with E-state index in [-0.39, 0.29) is 0 Å². The number of nitrogens with zero attached hydrogens (tertiary/aromatic N) is 1. The lowest BCUT2D eigenvalue weighted by Gasteiger charge is -2.34. The van der Waals surface area contributed by atoms with Crippen LogP contribution < -0.4 is 15.8 Å². The first-order valence-corrected chi connectivity index (χ1v) is 9.51. The van der Waals surface area contributed by atoms with Crippen molar-refractivity contribution >= 4 is 28.7 Å². The molecular formula is C21H27N3S. The van der Waals surface area contributed by atoms with Crippen molar-refractivity contribution in [1.29, 1.82) is 0 Å². The average molecular weight is 354 g/mol. The second kappa shape index (κ2) is 8.34. The molecule has 1 aliphatic rings. The highest BCUT2D eigenvalue weighted by molar-refractivity contribution is 7.80. The summed E-state index contributed by atoms with van der Waals surface area (Å²) in [5.74, 6) is 1.55. The summed E-state index contributed by atoms with van der Waals surface area (Å²) in [5, 5.41) is 6.23. The molecular weight excluding hydrogens is 326 g/mol. The molecule has 0 bridgehead atoms. The fourth-order valence-electron chi connectivity index (χ4n) is 3.43. The van der Waals surface area contributed by atoms with Crippen molar-refractivity contribution in [3.8, 4) is 0 Å². The van der Waals surface area contributed by atoms with Crippen LogP contribution in [-0.2, 0) is 0 Å². The van der Waals surface area contributed by atoms with Crippen molar-refractivity contribution in [3.63, 3.8) is 0 Å². The van der Waals surface area contributed by atoms with E-state index in [0.717, 1.165) is 23.2 Å². The highest BCUT2D eigenvalue weighted by Gasteiger charge is 2.25. The molecule has 3 unspecified atom stereocenters. The van der Waals surface area contributed by atoms with Gasteiger partial charge in [0.05, 0.1) is 11.4 Å². The zero-order valence-electron chi connectivity index (χ0n) is 15.0. The Morgan fingerprint density at radius 3 is 1.96 bits per heavy atom. The fraction of sp³-hybridized carbons (Fsp3) is 0.381. The van der Waals surface area contributed by atoms with Crippen molar-refractivity contribution in [1.82, 2.24) is 10.7 Å². The number of hydrogen-bond donors (Lipinski definition) is 2. The number of rotatable bonds is 4. The average Bonchev–Trinajstić information content (AvgIpc) is 2.64. The molecule has 4 heteroatoms. The summed E-state index contributed by atoms with van der Waals surface area (Å²) in [4.78, 5) is 0. The van der Waals surface area contributed by atoms with E-state index in [4.69, 9.17) is 12.2 Å². The molecule has 0 aliphatic heterocycles. The summed E-state index contributed by atoms with van der Waals surface area (Å²) >= 11 is 5.62. The summed E-state index contributed by atoms with van der Waals surface area (Å²) in [6.45, 7) is 4.69. The number of anilines is 2. The smallest absolute Gasteiger partial charge is 0.185 e. The number of nitrogens with one attached hydrogen (secondary N) is 2. The molecule has 3 rings (SSSR count). The SMILES string of the molecule is CC1CCC(NC(=S)NN(c2ccccc2)c2ccccc2)CC1C. The Bertz CT molecular complexity index is 635. The second-order valence-electron chi connectivity index (χ2n) is 7.06. The van der Waals surface area contributed by atoms with Crippen LogP contribution in [0, 0.1) is 11.8 Å². The minimum Gasteiger partial charge on any atom is -0.359 e. The Hall–Kier alpha value is -2.07. The van der Waals surface area contributed by atoms with E-state index < -0.39 is 0 Å². The van der Waals surface area contributed by atoms with Crippen LogP contribution in [0.2, 0.25) is 0 Å². The van der Waals surface area contributed by atoms with Gasteiger partial charge in [-0.1, -0.05) is 50.2 Å². The van der Waals surface area contributed by atoms with Crippen LogP contribution >= 0.6 is 12.2 Å². The Labute approximate surface area is 156 Å². The largest absolute Gasteiger partial charge is 0.359 e. The fourth-order valence-corrected chi connectivity index (χ4v) is 3.69. The van der Waals surface area contributed by atoms with Gasteiger partial charge in [-0.3, -0.25) is 10.4 Å². The lowest BCUT2D eigenvalue weighted by Crippen LogP contribution is -2.49. The van der Waals surface area contributed by atoms with Gasteiger partial charge in [0.1, 0.15) is 0 Å². The van der Waals surface area contributed by atoms with E-state index in [0.29, 0.717) is 11.2 Å². The highest BCUT2D eigenvalue weighted by Crippen LogP contribution is 2.29. The van der Waals surface area contributed by atoms with Crippen LogP contribution in [0.25, 0.3) is 0 Å².